The largest absolute Gasteiger partial charge is 0.383 e. The van der Waals surface area contributed by atoms with Crippen molar-refractivity contribution in [1.29, 1.82) is 5.26 Å². The number of rotatable bonds is 7. The third-order valence-corrected chi connectivity index (χ3v) is 4.02. The molecule has 0 saturated carbocycles. The van der Waals surface area contributed by atoms with Crippen LogP contribution in [0, 0.1) is 18.3 Å². The van der Waals surface area contributed by atoms with Gasteiger partial charge in [-0.15, -0.1) is 11.3 Å². The van der Waals surface area contributed by atoms with Crippen LogP contribution in [-0.2, 0) is 4.74 Å². The first-order valence-corrected chi connectivity index (χ1v) is 7.58. The third-order valence-electron chi connectivity index (χ3n) is 3.08. The van der Waals surface area contributed by atoms with Gasteiger partial charge in [-0.2, -0.15) is 10.2 Å². The fourth-order valence-electron chi connectivity index (χ4n) is 2.09. The van der Waals surface area contributed by atoms with E-state index in [0.29, 0.717) is 32.1 Å². The molecule has 112 valence electrons. The van der Waals surface area contributed by atoms with Gasteiger partial charge in [-0.05, 0) is 13.0 Å². The van der Waals surface area contributed by atoms with Crippen LogP contribution in [0.2, 0.25) is 0 Å². The van der Waals surface area contributed by atoms with Gasteiger partial charge in [-0.1, -0.05) is 0 Å². The molecule has 2 heterocycles. The summed E-state index contributed by atoms with van der Waals surface area (Å²) in [7, 11) is 3.48. The smallest absolute Gasteiger partial charge is 0.225 e. The second-order valence-corrected chi connectivity index (χ2v) is 5.82. The van der Waals surface area contributed by atoms with Crippen molar-refractivity contribution in [3.8, 4) is 6.07 Å². The zero-order chi connectivity index (χ0) is 15.2. The monoisotopic (exact) mass is 305 g/mol. The molecule has 0 amide bonds. The van der Waals surface area contributed by atoms with Gasteiger partial charge in [0.05, 0.1) is 24.5 Å². The van der Waals surface area contributed by atoms with Crippen LogP contribution >= 0.6 is 11.3 Å². The number of nitrogens with zero attached hydrogens (tertiary/aromatic N) is 4. The Morgan fingerprint density at radius 2 is 2.24 bits per heavy atom. The van der Waals surface area contributed by atoms with Crippen LogP contribution in [0.25, 0.3) is 10.2 Å². The van der Waals surface area contributed by atoms with Gasteiger partial charge in [-0.25, -0.2) is 4.98 Å². The van der Waals surface area contributed by atoms with Crippen LogP contribution in [-0.4, -0.2) is 43.8 Å². The highest BCUT2D eigenvalue weighted by Crippen LogP contribution is 2.31. The second kappa shape index (κ2) is 7.20. The average Bonchev–Trinajstić information content (AvgIpc) is 2.86. The lowest BCUT2D eigenvalue weighted by atomic mass is 10.3. The van der Waals surface area contributed by atoms with Crippen molar-refractivity contribution in [3.05, 3.63) is 10.9 Å². The molecule has 1 N–H and O–H groups in total. The minimum atomic E-state index is 0.452. The summed E-state index contributed by atoms with van der Waals surface area (Å²) < 4.78 is 5.17. The Bertz CT molecular complexity index is 649. The molecule has 2 aromatic heterocycles. The molecule has 0 saturated heterocycles. The molecule has 0 spiro atoms. The van der Waals surface area contributed by atoms with Crippen LogP contribution in [0.4, 0.5) is 11.8 Å². The number of anilines is 2. The van der Waals surface area contributed by atoms with E-state index in [0.717, 1.165) is 16.0 Å². The zero-order valence-electron chi connectivity index (χ0n) is 12.5. The summed E-state index contributed by atoms with van der Waals surface area (Å²) in [5, 5.41) is 12.9. The molecule has 6 nitrogen and oxygen atoms in total. The van der Waals surface area contributed by atoms with E-state index in [1.165, 1.54) is 4.88 Å². The van der Waals surface area contributed by atoms with Gasteiger partial charge in [0.2, 0.25) is 5.95 Å². The highest BCUT2D eigenvalue weighted by Gasteiger charge is 2.16. The van der Waals surface area contributed by atoms with Crippen molar-refractivity contribution in [2.45, 2.75) is 13.3 Å². The van der Waals surface area contributed by atoms with Crippen LogP contribution in [0.5, 0.6) is 0 Å². The van der Waals surface area contributed by atoms with Crippen LogP contribution in [0.3, 0.4) is 0 Å². The predicted octanol–water partition coefficient (Wildman–Crippen LogP) is 2.41. The van der Waals surface area contributed by atoms with Gasteiger partial charge in [-0.3, -0.25) is 0 Å². The van der Waals surface area contributed by atoms with E-state index in [2.05, 4.69) is 39.2 Å². The van der Waals surface area contributed by atoms with Gasteiger partial charge < -0.3 is 15.0 Å². The second-order valence-electron chi connectivity index (χ2n) is 4.58. The quantitative estimate of drug-likeness (QED) is 0.846. The van der Waals surface area contributed by atoms with Crippen LogP contribution < -0.4 is 10.2 Å². The topological polar surface area (TPSA) is 74.1 Å². The maximum atomic E-state index is 8.85. The summed E-state index contributed by atoms with van der Waals surface area (Å²) >= 11 is 1.65. The number of fused-ring (bicyclic) bond motifs is 1. The van der Waals surface area contributed by atoms with Gasteiger partial charge in [0.25, 0.3) is 0 Å². The van der Waals surface area contributed by atoms with E-state index < -0.39 is 0 Å². The number of thiophene rings is 1. The molecule has 0 unspecified atom stereocenters. The number of hydrogen-bond donors (Lipinski definition) is 1. The lowest BCUT2D eigenvalue weighted by Gasteiger charge is -2.23. The van der Waals surface area contributed by atoms with Crippen molar-refractivity contribution in [3.63, 3.8) is 0 Å². The Kier molecular flexibility index (Phi) is 5.31. The summed E-state index contributed by atoms with van der Waals surface area (Å²) in [6.07, 6.45) is 0.452. The number of methoxy groups -OCH3 is 1. The molecule has 0 aromatic carbocycles. The Balaban J connectivity index is 2.45. The normalized spacial score (nSPS) is 10.6. The predicted molar refractivity (Wildman–Crippen MR) is 86.0 cm³/mol. The zero-order valence-corrected chi connectivity index (χ0v) is 13.3. The first-order valence-electron chi connectivity index (χ1n) is 6.76. The van der Waals surface area contributed by atoms with E-state index >= 15 is 0 Å². The van der Waals surface area contributed by atoms with Gasteiger partial charge >= 0.3 is 0 Å². The molecule has 0 aliphatic carbocycles. The van der Waals surface area contributed by atoms with E-state index in [1.807, 2.05) is 0 Å². The average molecular weight is 305 g/mol. The maximum Gasteiger partial charge on any atom is 0.225 e. The molecule has 7 heteroatoms. The highest BCUT2D eigenvalue weighted by atomic mass is 32.1. The fourth-order valence-corrected chi connectivity index (χ4v) is 2.96. The van der Waals surface area contributed by atoms with Crippen molar-refractivity contribution < 1.29 is 4.74 Å². The van der Waals surface area contributed by atoms with Crippen molar-refractivity contribution in [1.82, 2.24) is 9.97 Å². The summed E-state index contributed by atoms with van der Waals surface area (Å²) in [6.45, 7) is 3.98. The number of aromatic nitrogens is 2. The van der Waals surface area contributed by atoms with Crippen LogP contribution in [0.1, 0.15) is 11.3 Å². The van der Waals surface area contributed by atoms with Gasteiger partial charge in [0.15, 0.2) is 0 Å². The maximum absolute atomic E-state index is 8.85. The Morgan fingerprint density at radius 3 is 2.90 bits per heavy atom. The van der Waals surface area contributed by atoms with Crippen molar-refractivity contribution in [2.24, 2.45) is 0 Å². The molecule has 0 aliphatic rings. The summed E-state index contributed by atoms with van der Waals surface area (Å²) in [6, 6.07) is 4.29. The summed E-state index contributed by atoms with van der Waals surface area (Å²) in [5.74, 6) is 1.46. The first kappa shape index (κ1) is 15.5. The first-order chi connectivity index (χ1) is 10.2. The van der Waals surface area contributed by atoms with Crippen LogP contribution in [0.15, 0.2) is 6.07 Å². The summed E-state index contributed by atoms with van der Waals surface area (Å²) in [4.78, 5) is 13.3. The fraction of sp³-hybridized carbons (Fsp3) is 0.500. The molecule has 0 atom stereocenters. The molecule has 2 rings (SSSR count). The molecule has 2 aromatic rings. The van der Waals surface area contributed by atoms with Gasteiger partial charge in [0.1, 0.15) is 10.6 Å². The van der Waals surface area contributed by atoms with Crippen molar-refractivity contribution >= 4 is 33.3 Å². The van der Waals surface area contributed by atoms with E-state index in [1.54, 1.807) is 25.5 Å². The molecule has 0 bridgehead atoms. The molecular weight excluding hydrogens is 286 g/mol. The molecular formula is C14H19N5OS. The van der Waals surface area contributed by atoms with E-state index in [4.69, 9.17) is 10.00 Å². The standard InChI is InChI=1S/C14H19N5OS/c1-10-9-11-12(17-14(16-2)18-13(11)21-10)19(6-4-5-15)7-8-20-3/h9H,4,6-8H2,1-3H3,(H,16,17,18). The Hall–Kier alpha value is -1.91. The van der Waals surface area contributed by atoms with Gasteiger partial charge in [0, 0.05) is 32.1 Å². The molecule has 0 fully saturated rings. The van der Waals surface area contributed by atoms with E-state index in [-0.39, 0.29) is 0 Å². The lowest BCUT2D eigenvalue weighted by Crippen LogP contribution is -2.29. The number of nitrogens with one attached hydrogen (secondary N) is 1. The lowest BCUT2D eigenvalue weighted by molar-refractivity contribution is 0.205. The number of ether oxygens (including phenoxy) is 1. The molecule has 0 aliphatic heterocycles. The minimum Gasteiger partial charge on any atom is -0.383 e. The number of aryl methyl sites for hydroxylation is 1. The summed E-state index contributed by atoms with van der Waals surface area (Å²) in [5.41, 5.74) is 0. The van der Waals surface area contributed by atoms with Crippen molar-refractivity contribution in [2.75, 3.05) is 44.1 Å². The highest BCUT2D eigenvalue weighted by molar-refractivity contribution is 7.18. The number of nitriles is 1. The minimum absolute atomic E-state index is 0.452. The third kappa shape index (κ3) is 3.60. The Morgan fingerprint density at radius 1 is 1.43 bits per heavy atom. The molecule has 0 radical (unpaired) electrons. The SMILES string of the molecule is CNc1nc(N(CCC#N)CCOC)c2cc(C)sc2n1. The van der Waals surface area contributed by atoms with E-state index in [9.17, 15) is 0 Å². The number of hydrogen-bond acceptors (Lipinski definition) is 7. The Labute approximate surface area is 128 Å². The molecule has 21 heavy (non-hydrogen) atoms.